The second kappa shape index (κ2) is 4.81. The first-order valence-electron chi connectivity index (χ1n) is 7.03. The standard InChI is InChI=1S/C15H27N/c1-12-11-15(2,3)10-9-14(12)16-13-7-5-4-6-8-13/h9,12-13,16H,4-8,10-11H2,1-3H3. The molecule has 1 atom stereocenters. The second-order valence-corrected chi connectivity index (χ2v) is 6.61. The van der Waals surface area contributed by atoms with E-state index in [9.17, 15) is 0 Å². The van der Waals surface area contributed by atoms with Gasteiger partial charge in [-0.05, 0) is 37.0 Å². The molecule has 1 heteroatoms. The molecule has 0 radical (unpaired) electrons. The van der Waals surface area contributed by atoms with Crippen LogP contribution in [0.15, 0.2) is 11.8 Å². The zero-order valence-electron chi connectivity index (χ0n) is 11.2. The highest BCUT2D eigenvalue weighted by atomic mass is 14.9. The van der Waals surface area contributed by atoms with Crippen LogP contribution in [0.5, 0.6) is 0 Å². The highest BCUT2D eigenvalue weighted by Gasteiger charge is 2.27. The molecular formula is C15H27N. The third-order valence-corrected chi connectivity index (χ3v) is 4.24. The summed E-state index contributed by atoms with van der Waals surface area (Å²) >= 11 is 0. The number of nitrogens with one attached hydrogen (secondary N) is 1. The van der Waals surface area contributed by atoms with E-state index >= 15 is 0 Å². The summed E-state index contributed by atoms with van der Waals surface area (Å²) < 4.78 is 0. The Morgan fingerprint density at radius 2 is 1.88 bits per heavy atom. The van der Waals surface area contributed by atoms with Crippen molar-refractivity contribution in [3.63, 3.8) is 0 Å². The van der Waals surface area contributed by atoms with E-state index in [1.165, 1.54) is 50.6 Å². The number of hydrogen-bond donors (Lipinski definition) is 1. The van der Waals surface area contributed by atoms with Crippen molar-refractivity contribution in [1.82, 2.24) is 5.32 Å². The van der Waals surface area contributed by atoms with Crippen LogP contribution in [0, 0.1) is 11.3 Å². The largest absolute Gasteiger partial charge is 0.386 e. The van der Waals surface area contributed by atoms with Crippen LogP contribution < -0.4 is 5.32 Å². The van der Waals surface area contributed by atoms with E-state index in [1.54, 1.807) is 0 Å². The summed E-state index contributed by atoms with van der Waals surface area (Å²) in [7, 11) is 0. The molecule has 0 aromatic carbocycles. The molecule has 1 fully saturated rings. The predicted octanol–water partition coefficient (Wildman–Crippen LogP) is 4.25. The van der Waals surface area contributed by atoms with Gasteiger partial charge in [-0.2, -0.15) is 0 Å². The summed E-state index contributed by atoms with van der Waals surface area (Å²) in [6, 6.07) is 0.767. The van der Waals surface area contributed by atoms with Crippen LogP contribution in [0.25, 0.3) is 0 Å². The summed E-state index contributed by atoms with van der Waals surface area (Å²) in [4.78, 5) is 0. The van der Waals surface area contributed by atoms with Crippen molar-refractivity contribution >= 4 is 0 Å². The molecule has 1 nitrogen and oxygen atoms in total. The molecule has 92 valence electrons. The SMILES string of the molecule is CC1CC(C)(C)CC=C1NC1CCCCC1. The molecule has 0 spiro atoms. The van der Waals surface area contributed by atoms with Crippen molar-refractivity contribution in [3.8, 4) is 0 Å². The molecule has 2 rings (SSSR count). The van der Waals surface area contributed by atoms with E-state index in [0.29, 0.717) is 5.41 Å². The van der Waals surface area contributed by atoms with Gasteiger partial charge in [-0.3, -0.25) is 0 Å². The summed E-state index contributed by atoms with van der Waals surface area (Å²) in [5, 5.41) is 3.81. The van der Waals surface area contributed by atoms with E-state index in [-0.39, 0.29) is 0 Å². The summed E-state index contributed by atoms with van der Waals surface area (Å²) in [5.74, 6) is 0.727. The van der Waals surface area contributed by atoms with Crippen molar-refractivity contribution in [2.75, 3.05) is 0 Å². The van der Waals surface area contributed by atoms with Crippen LogP contribution >= 0.6 is 0 Å². The van der Waals surface area contributed by atoms with Crippen LogP contribution in [0.1, 0.15) is 65.7 Å². The normalized spacial score (nSPS) is 30.9. The lowest BCUT2D eigenvalue weighted by Gasteiger charge is -2.36. The number of allylic oxidation sites excluding steroid dienone is 2. The molecule has 0 aromatic heterocycles. The maximum atomic E-state index is 3.81. The van der Waals surface area contributed by atoms with Crippen molar-refractivity contribution in [2.45, 2.75) is 71.8 Å². The quantitative estimate of drug-likeness (QED) is 0.735. The van der Waals surface area contributed by atoms with E-state index in [1.807, 2.05) is 0 Å². The van der Waals surface area contributed by atoms with E-state index in [0.717, 1.165) is 12.0 Å². The fourth-order valence-corrected chi connectivity index (χ4v) is 3.29. The molecule has 1 N–H and O–H groups in total. The van der Waals surface area contributed by atoms with Crippen LogP contribution in [-0.4, -0.2) is 6.04 Å². The minimum absolute atomic E-state index is 0.511. The first-order chi connectivity index (χ1) is 7.57. The maximum Gasteiger partial charge on any atom is 0.0258 e. The Labute approximate surface area is 101 Å². The van der Waals surface area contributed by atoms with Gasteiger partial charge in [0, 0.05) is 11.7 Å². The lowest BCUT2D eigenvalue weighted by Crippen LogP contribution is -2.35. The van der Waals surface area contributed by atoms with Gasteiger partial charge < -0.3 is 5.32 Å². The van der Waals surface area contributed by atoms with Gasteiger partial charge in [0.2, 0.25) is 0 Å². The first-order valence-corrected chi connectivity index (χ1v) is 7.03. The Balaban J connectivity index is 1.91. The van der Waals surface area contributed by atoms with Crippen molar-refractivity contribution < 1.29 is 0 Å². The fraction of sp³-hybridized carbons (Fsp3) is 0.867. The third-order valence-electron chi connectivity index (χ3n) is 4.24. The van der Waals surface area contributed by atoms with E-state index in [2.05, 4.69) is 32.2 Å². The second-order valence-electron chi connectivity index (χ2n) is 6.61. The van der Waals surface area contributed by atoms with E-state index in [4.69, 9.17) is 0 Å². The fourth-order valence-electron chi connectivity index (χ4n) is 3.29. The van der Waals surface area contributed by atoms with Crippen LogP contribution in [0.3, 0.4) is 0 Å². The molecule has 1 saturated carbocycles. The lowest BCUT2D eigenvalue weighted by molar-refractivity contribution is 0.263. The van der Waals surface area contributed by atoms with Gasteiger partial charge in [0.05, 0.1) is 0 Å². The molecule has 0 heterocycles. The van der Waals surface area contributed by atoms with Gasteiger partial charge in [-0.1, -0.05) is 46.1 Å². The summed E-state index contributed by atoms with van der Waals surface area (Å²) in [6.45, 7) is 7.15. The van der Waals surface area contributed by atoms with Gasteiger partial charge in [0.25, 0.3) is 0 Å². The van der Waals surface area contributed by atoms with Gasteiger partial charge in [0.1, 0.15) is 0 Å². The molecule has 0 saturated heterocycles. The van der Waals surface area contributed by atoms with Crippen LogP contribution in [0.4, 0.5) is 0 Å². The Kier molecular flexibility index (Phi) is 3.61. The van der Waals surface area contributed by atoms with E-state index < -0.39 is 0 Å². The summed E-state index contributed by atoms with van der Waals surface area (Å²) in [6.07, 6.45) is 12.1. The monoisotopic (exact) mass is 221 g/mol. The molecule has 0 aliphatic heterocycles. The van der Waals surface area contributed by atoms with Crippen molar-refractivity contribution in [3.05, 3.63) is 11.8 Å². The van der Waals surface area contributed by atoms with Gasteiger partial charge in [0.15, 0.2) is 0 Å². The Bertz CT molecular complexity index is 259. The van der Waals surface area contributed by atoms with Gasteiger partial charge in [-0.25, -0.2) is 0 Å². The van der Waals surface area contributed by atoms with Gasteiger partial charge in [-0.15, -0.1) is 0 Å². The lowest BCUT2D eigenvalue weighted by atomic mass is 9.75. The van der Waals surface area contributed by atoms with Crippen molar-refractivity contribution in [1.29, 1.82) is 0 Å². The molecule has 0 amide bonds. The molecule has 1 unspecified atom stereocenters. The summed E-state index contributed by atoms with van der Waals surface area (Å²) in [5.41, 5.74) is 2.04. The average molecular weight is 221 g/mol. The third kappa shape index (κ3) is 3.02. The van der Waals surface area contributed by atoms with Gasteiger partial charge >= 0.3 is 0 Å². The molecule has 0 bridgehead atoms. The average Bonchev–Trinajstić information content (AvgIpc) is 2.23. The topological polar surface area (TPSA) is 12.0 Å². The number of rotatable bonds is 2. The molecule has 0 aromatic rings. The van der Waals surface area contributed by atoms with Crippen molar-refractivity contribution in [2.24, 2.45) is 11.3 Å². The molecule has 2 aliphatic rings. The maximum absolute atomic E-state index is 3.81. The minimum Gasteiger partial charge on any atom is -0.386 e. The Hall–Kier alpha value is -0.460. The minimum atomic E-state index is 0.511. The first kappa shape index (κ1) is 12.0. The smallest absolute Gasteiger partial charge is 0.0258 e. The Morgan fingerprint density at radius 1 is 1.19 bits per heavy atom. The predicted molar refractivity (Wildman–Crippen MR) is 70.3 cm³/mol. The van der Waals surface area contributed by atoms with Crippen LogP contribution in [0.2, 0.25) is 0 Å². The molecular weight excluding hydrogens is 194 g/mol. The number of hydrogen-bond acceptors (Lipinski definition) is 1. The highest BCUT2D eigenvalue weighted by molar-refractivity contribution is 5.11. The van der Waals surface area contributed by atoms with Crippen LogP contribution in [-0.2, 0) is 0 Å². The highest BCUT2D eigenvalue weighted by Crippen LogP contribution is 2.37. The zero-order valence-corrected chi connectivity index (χ0v) is 11.2. The molecule has 16 heavy (non-hydrogen) atoms. The zero-order chi connectivity index (χ0) is 11.6. The molecule has 2 aliphatic carbocycles. The Morgan fingerprint density at radius 3 is 2.50 bits per heavy atom.